The van der Waals surface area contributed by atoms with Crippen molar-refractivity contribution in [2.45, 2.75) is 252 Å². The highest BCUT2D eigenvalue weighted by molar-refractivity contribution is 6.03. The highest BCUT2D eigenvalue weighted by Crippen LogP contribution is 2.50. The molecule has 2 aliphatic rings. The van der Waals surface area contributed by atoms with Gasteiger partial charge in [-0.1, -0.05) is 193 Å². The van der Waals surface area contributed by atoms with Crippen molar-refractivity contribution in [3.8, 4) is 0 Å². The molecule has 6 nitrogen and oxygen atoms in total. The number of unbranched alkanes of at least 4 members (excludes halogenated alkanes) is 20. The van der Waals surface area contributed by atoms with E-state index in [-0.39, 0.29) is 11.5 Å². The number of carboxylic acids is 1. The summed E-state index contributed by atoms with van der Waals surface area (Å²) < 4.78 is 11.1. The number of carboxylic acid groups (broad SMARTS) is 1. The normalized spacial score (nSPS) is 18.4. The van der Waals surface area contributed by atoms with Gasteiger partial charge in [0.05, 0.1) is 24.2 Å². The van der Waals surface area contributed by atoms with E-state index in [1.165, 1.54) is 167 Å². The molecule has 0 radical (unpaired) electrons. The van der Waals surface area contributed by atoms with E-state index in [2.05, 4.69) is 20.8 Å². The number of benzene rings is 1. The van der Waals surface area contributed by atoms with Crippen LogP contribution in [0.3, 0.4) is 0 Å². The Morgan fingerprint density at radius 1 is 0.579 bits per heavy atom. The smallest absolute Gasteiger partial charge is 0.339 e. The van der Waals surface area contributed by atoms with Gasteiger partial charge in [-0.2, -0.15) is 0 Å². The van der Waals surface area contributed by atoms with Crippen LogP contribution >= 0.6 is 0 Å². The predicted octanol–water partition coefficient (Wildman–Crippen LogP) is 15.8. The first kappa shape index (κ1) is 50.8. The number of ether oxygens (including phenoxy) is 2. The van der Waals surface area contributed by atoms with Crippen molar-refractivity contribution >= 4 is 17.9 Å². The van der Waals surface area contributed by atoms with Crippen molar-refractivity contribution in [3.05, 3.63) is 35.4 Å². The van der Waals surface area contributed by atoms with Crippen LogP contribution in [0.2, 0.25) is 0 Å². The maximum atomic E-state index is 12.6. The summed E-state index contributed by atoms with van der Waals surface area (Å²) >= 11 is 0. The lowest BCUT2D eigenvalue weighted by atomic mass is 9.60. The van der Waals surface area contributed by atoms with Gasteiger partial charge < -0.3 is 14.6 Å². The first-order chi connectivity index (χ1) is 27.9. The van der Waals surface area contributed by atoms with Gasteiger partial charge in [-0.15, -0.1) is 0 Å². The summed E-state index contributed by atoms with van der Waals surface area (Å²) in [6.07, 6.45) is 42.8. The third-order valence-corrected chi connectivity index (χ3v) is 13.0. The molecule has 2 saturated carbocycles. The van der Waals surface area contributed by atoms with Crippen LogP contribution in [0.1, 0.15) is 266 Å². The summed E-state index contributed by atoms with van der Waals surface area (Å²) in [5, 5.41) is 9.59. The minimum absolute atomic E-state index is 0.0262. The van der Waals surface area contributed by atoms with Crippen LogP contribution in [-0.2, 0) is 14.3 Å². The van der Waals surface area contributed by atoms with Crippen LogP contribution in [0.4, 0.5) is 0 Å². The molecule has 0 heterocycles. The largest absolute Gasteiger partial charge is 0.481 e. The number of carbonyl (C=O) groups is 3. The molecular formula is C51H88O6. The average Bonchev–Trinajstić information content (AvgIpc) is 3.22. The lowest BCUT2D eigenvalue weighted by Gasteiger charge is -2.44. The first-order valence-corrected chi connectivity index (χ1v) is 24.6. The van der Waals surface area contributed by atoms with Gasteiger partial charge in [0, 0.05) is 0 Å². The second kappa shape index (κ2) is 33.5. The summed E-state index contributed by atoms with van der Waals surface area (Å²) in [6.45, 7) is 7.19. The summed E-state index contributed by atoms with van der Waals surface area (Å²) in [7, 11) is 0. The molecular weight excluding hydrogens is 709 g/mol. The Bertz CT molecular complexity index is 1160. The third kappa shape index (κ3) is 23.1. The van der Waals surface area contributed by atoms with Gasteiger partial charge in [0.15, 0.2) is 0 Å². The SMILES string of the molecule is CCCCCCCCC1CCCCC1(CCCCCCCC)CC(=O)O.CCCCCCCCCCCCCOC(=O)c1ccccc1C(=O)OC1CCCCC1. The summed E-state index contributed by atoms with van der Waals surface area (Å²) in [6, 6.07) is 6.83. The minimum atomic E-state index is -0.564. The summed E-state index contributed by atoms with van der Waals surface area (Å²) in [4.78, 5) is 36.7. The van der Waals surface area contributed by atoms with Gasteiger partial charge in [0.1, 0.15) is 6.10 Å². The molecule has 2 fully saturated rings. The standard InChI is InChI=1S/C27H42O4.C24H46O2/c1-2-3-4-5-6-7-8-9-10-11-17-22-30-26(28)24-20-15-16-21-25(24)27(29)31-23-18-13-12-14-19-23;1-3-5-7-9-11-13-17-22-18-14-16-20-24(22,21-23(25)26)19-15-12-10-8-6-4-2/h15-16,20-21,23H,2-14,17-19,22H2,1H3;22H,3-21H2,1-2H3,(H,25,26). The van der Waals surface area contributed by atoms with Crippen molar-refractivity contribution < 1.29 is 29.0 Å². The van der Waals surface area contributed by atoms with Crippen molar-refractivity contribution in [1.82, 2.24) is 0 Å². The molecule has 1 aromatic rings. The van der Waals surface area contributed by atoms with E-state index in [0.29, 0.717) is 30.1 Å². The summed E-state index contributed by atoms with van der Waals surface area (Å²) in [5.74, 6) is -0.739. The van der Waals surface area contributed by atoms with Gasteiger partial charge in [-0.3, -0.25) is 4.79 Å². The van der Waals surface area contributed by atoms with Gasteiger partial charge in [0.25, 0.3) is 0 Å². The number of carbonyl (C=O) groups excluding carboxylic acids is 2. The Kier molecular flexibility index (Phi) is 29.8. The fourth-order valence-electron chi connectivity index (χ4n) is 9.45. The van der Waals surface area contributed by atoms with E-state index in [0.717, 1.165) is 51.4 Å². The minimum Gasteiger partial charge on any atom is -0.481 e. The van der Waals surface area contributed by atoms with Crippen molar-refractivity contribution in [3.63, 3.8) is 0 Å². The lowest BCUT2D eigenvalue weighted by molar-refractivity contribution is -0.142. The predicted molar refractivity (Wildman–Crippen MR) is 238 cm³/mol. The zero-order valence-corrected chi connectivity index (χ0v) is 37.4. The Balaban J connectivity index is 0.000000400. The topological polar surface area (TPSA) is 89.9 Å². The summed E-state index contributed by atoms with van der Waals surface area (Å²) in [5.41, 5.74) is 0.738. The fourth-order valence-corrected chi connectivity index (χ4v) is 9.45. The van der Waals surface area contributed by atoms with Crippen LogP contribution in [-0.4, -0.2) is 35.7 Å². The van der Waals surface area contributed by atoms with E-state index < -0.39 is 17.9 Å². The highest BCUT2D eigenvalue weighted by Gasteiger charge is 2.41. The molecule has 0 aromatic heterocycles. The maximum absolute atomic E-state index is 12.6. The van der Waals surface area contributed by atoms with Crippen LogP contribution in [0.25, 0.3) is 0 Å². The molecule has 57 heavy (non-hydrogen) atoms. The molecule has 0 saturated heterocycles. The Hall–Kier alpha value is -2.37. The number of esters is 2. The Morgan fingerprint density at radius 3 is 1.60 bits per heavy atom. The van der Waals surface area contributed by atoms with E-state index in [4.69, 9.17) is 9.47 Å². The molecule has 3 rings (SSSR count). The van der Waals surface area contributed by atoms with Crippen LogP contribution < -0.4 is 0 Å². The van der Waals surface area contributed by atoms with E-state index >= 15 is 0 Å². The van der Waals surface area contributed by atoms with Crippen LogP contribution in [0, 0.1) is 11.3 Å². The van der Waals surface area contributed by atoms with E-state index in [9.17, 15) is 19.5 Å². The fraction of sp³-hybridized carbons (Fsp3) is 0.824. The second-order valence-electron chi connectivity index (χ2n) is 17.8. The maximum Gasteiger partial charge on any atom is 0.339 e. The highest BCUT2D eigenvalue weighted by atomic mass is 16.5. The molecule has 0 bridgehead atoms. The van der Waals surface area contributed by atoms with Crippen molar-refractivity contribution in [2.24, 2.45) is 11.3 Å². The van der Waals surface area contributed by atoms with E-state index in [1.54, 1.807) is 24.3 Å². The van der Waals surface area contributed by atoms with E-state index in [1.807, 2.05) is 0 Å². The Labute approximate surface area is 350 Å². The van der Waals surface area contributed by atoms with Gasteiger partial charge in [-0.05, 0) is 81.3 Å². The monoisotopic (exact) mass is 797 g/mol. The number of aliphatic carboxylic acids is 1. The molecule has 1 N–H and O–H groups in total. The second-order valence-corrected chi connectivity index (χ2v) is 17.8. The molecule has 0 aliphatic heterocycles. The molecule has 2 unspecified atom stereocenters. The number of hydrogen-bond donors (Lipinski definition) is 1. The molecule has 2 atom stereocenters. The quantitative estimate of drug-likeness (QED) is 0.0594. The van der Waals surface area contributed by atoms with Gasteiger partial charge in [-0.25, -0.2) is 9.59 Å². The van der Waals surface area contributed by atoms with Crippen molar-refractivity contribution in [2.75, 3.05) is 6.61 Å². The lowest BCUT2D eigenvalue weighted by Crippen LogP contribution is -2.36. The van der Waals surface area contributed by atoms with Crippen LogP contribution in [0.5, 0.6) is 0 Å². The van der Waals surface area contributed by atoms with Crippen LogP contribution in [0.15, 0.2) is 24.3 Å². The first-order valence-electron chi connectivity index (χ1n) is 24.6. The molecule has 328 valence electrons. The molecule has 1 aromatic carbocycles. The molecule has 0 spiro atoms. The molecule has 0 amide bonds. The number of rotatable bonds is 31. The zero-order valence-electron chi connectivity index (χ0n) is 37.4. The average molecular weight is 797 g/mol. The van der Waals surface area contributed by atoms with Gasteiger partial charge in [0.2, 0.25) is 0 Å². The van der Waals surface area contributed by atoms with Crippen molar-refractivity contribution in [1.29, 1.82) is 0 Å². The molecule has 2 aliphatic carbocycles. The molecule has 6 heteroatoms. The Morgan fingerprint density at radius 2 is 1.05 bits per heavy atom. The van der Waals surface area contributed by atoms with Gasteiger partial charge >= 0.3 is 17.9 Å². The third-order valence-electron chi connectivity index (χ3n) is 13.0. The number of hydrogen-bond acceptors (Lipinski definition) is 5. The zero-order chi connectivity index (χ0) is 41.2.